The van der Waals surface area contributed by atoms with Gasteiger partial charge in [-0.15, -0.1) is 0 Å². The normalized spacial score (nSPS) is 10.8. The van der Waals surface area contributed by atoms with E-state index < -0.39 is 0 Å². The summed E-state index contributed by atoms with van der Waals surface area (Å²) in [6.45, 7) is 9.73. The highest BCUT2D eigenvalue weighted by molar-refractivity contribution is 7.99. The molecule has 2 N–H and O–H groups in total. The summed E-state index contributed by atoms with van der Waals surface area (Å²) < 4.78 is 0. The van der Waals surface area contributed by atoms with Gasteiger partial charge in [0.1, 0.15) is 16.7 Å². The summed E-state index contributed by atoms with van der Waals surface area (Å²) >= 11 is 1.43. The van der Waals surface area contributed by atoms with Crippen molar-refractivity contribution < 1.29 is 0 Å². The second kappa shape index (κ2) is 5.13. The monoisotopic (exact) mass is 275 g/mol. The SMILES string of the molecule is Cc1nc(N)c(C)c(Sc2nc(C)c(C)c(C)n2)n1. The van der Waals surface area contributed by atoms with E-state index in [4.69, 9.17) is 5.73 Å². The lowest BCUT2D eigenvalue weighted by molar-refractivity contribution is 0.872. The zero-order valence-corrected chi connectivity index (χ0v) is 12.6. The molecule has 2 aromatic rings. The van der Waals surface area contributed by atoms with Gasteiger partial charge in [0.2, 0.25) is 0 Å². The number of rotatable bonds is 2. The van der Waals surface area contributed by atoms with Crippen molar-refractivity contribution in [2.75, 3.05) is 5.73 Å². The van der Waals surface area contributed by atoms with Crippen LogP contribution in [-0.2, 0) is 0 Å². The van der Waals surface area contributed by atoms with E-state index in [0.29, 0.717) is 16.8 Å². The lowest BCUT2D eigenvalue weighted by atomic mass is 10.2. The van der Waals surface area contributed by atoms with Gasteiger partial charge in [-0.05, 0) is 51.9 Å². The predicted molar refractivity (Wildman–Crippen MR) is 76.3 cm³/mol. The van der Waals surface area contributed by atoms with E-state index in [1.165, 1.54) is 11.8 Å². The number of aromatic nitrogens is 4. The van der Waals surface area contributed by atoms with E-state index in [1.54, 1.807) is 0 Å². The van der Waals surface area contributed by atoms with Crippen LogP contribution in [-0.4, -0.2) is 19.9 Å². The zero-order valence-electron chi connectivity index (χ0n) is 11.8. The molecule has 0 aliphatic rings. The highest BCUT2D eigenvalue weighted by Gasteiger charge is 2.12. The predicted octanol–water partition coefficient (Wildman–Crippen LogP) is 2.54. The maximum absolute atomic E-state index is 5.85. The summed E-state index contributed by atoms with van der Waals surface area (Å²) in [7, 11) is 0. The van der Waals surface area contributed by atoms with Crippen molar-refractivity contribution in [1.82, 2.24) is 19.9 Å². The first kappa shape index (κ1) is 13.7. The molecule has 6 heteroatoms. The van der Waals surface area contributed by atoms with Crippen molar-refractivity contribution in [2.24, 2.45) is 0 Å². The molecule has 2 heterocycles. The average Bonchev–Trinajstić information content (AvgIpc) is 2.32. The van der Waals surface area contributed by atoms with Crippen molar-refractivity contribution in [2.45, 2.75) is 44.8 Å². The molecule has 0 bridgehead atoms. The number of hydrogen-bond acceptors (Lipinski definition) is 6. The van der Waals surface area contributed by atoms with Crippen molar-refractivity contribution in [3.8, 4) is 0 Å². The van der Waals surface area contributed by atoms with Gasteiger partial charge >= 0.3 is 0 Å². The second-order valence-electron chi connectivity index (χ2n) is 4.49. The van der Waals surface area contributed by atoms with E-state index in [-0.39, 0.29) is 0 Å². The molecule has 0 amide bonds. The van der Waals surface area contributed by atoms with Crippen LogP contribution in [0.1, 0.15) is 28.3 Å². The Morgan fingerprint density at radius 1 is 0.789 bits per heavy atom. The van der Waals surface area contributed by atoms with E-state index >= 15 is 0 Å². The van der Waals surface area contributed by atoms with Crippen LogP contribution in [0.15, 0.2) is 10.2 Å². The first-order chi connectivity index (χ1) is 8.88. The van der Waals surface area contributed by atoms with Crippen molar-refractivity contribution >= 4 is 17.6 Å². The molecule has 0 saturated heterocycles. The standard InChI is InChI=1S/C13H17N5S/c1-6-8(3)15-13(16-9(6)4)19-12-7(2)11(14)17-10(5)18-12/h1-5H3,(H2,14,17,18). The quantitative estimate of drug-likeness (QED) is 0.670. The smallest absolute Gasteiger partial charge is 0.194 e. The van der Waals surface area contributed by atoms with Crippen LogP contribution in [0.3, 0.4) is 0 Å². The fourth-order valence-electron chi connectivity index (χ4n) is 1.60. The molecule has 0 aliphatic heterocycles. The van der Waals surface area contributed by atoms with Crippen molar-refractivity contribution in [3.63, 3.8) is 0 Å². The number of nitrogens with zero attached hydrogens (tertiary/aromatic N) is 4. The summed E-state index contributed by atoms with van der Waals surface area (Å²) in [5.74, 6) is 1.17. The number of nitrogens with two attached hydrogens (primary N) is 1. The first-order valence-electron chi connectivity index (χ1n) is 5.99. The number of nitrogen functional groups attached to an aromatic ring is 1. The molecule has 2 aromatic heterocycles. The molecule has 2 rings (SSSR count). The molecule has 100 valence electrons. The Bertz CT molecular complexity index is 616. The Labute approximate surface area is 117 Å². The second-order valence-corrected chi connectivity index (χ2v) is 5.45. The van der Waals surface area contributed by atoms with Crippen LogP contribution in [0, 0.1) is 34.6 Å². The van der Waals surface area contributed by atoms with Crippen LogP contribution in [0.25, 0.3) is 0 Å². The van der Waals surface area contributed by atoms with E-state index in [1.807, 2.05) is 34.6 Å². The fourth-order valence-corrected chi connectivity index (χ4v) is 2.57. The van der Waals surface area contributed by atoms with Crippen molar-refractivity contribution in [3.05, 3.63) is 28.3 Å². The highest BCUT2D eigenvalue weighted by atomic mass is 32.2. The molecule has 0 fully saturated rings. The number of aryl methyl sites for hydroxylation is 3. The lowest BCUT2D eigenvalue weighted by Crippen LogP contribution is -2.03. The van der Waals surface area contributed by atoms with Crippen LogP contribution < -0.4 is 5.73 Å². The van der Waals surface area contributed by atoms with E-state index in [2.05, 4.69) is 19.9 Å². The summed E-state index contributed by atoms with van der Waals surface area (Å²) in [6.07, 6.45) is 0. The fraction of sp³-hybridized carbons (Fsp3) is 0.385. The third-order valence-corrected chi connectivity index (χ3v) is 4.01. The minimum absolute atomic E-state index is 0.510. The van der Waals surface area contributed by atoms with Gasteiger partial charge in [-0.25, -0.2) is 19.9 Å². The van der Waals surface area contributed by atoms with Gasteiger partial charge in [-0.2, -0.15) is 0 Å². The Morgan fingerprint density at radius 3 is 1.95 bits per heavy atom. The third-order valence-electron chi connectivity index (χ3n) is 3.05. The molecule has 0 unspecified atom stereocenters. The van der Waals surface area contributed by atoms with Gasteiger partial charge < -0.3 is 5.73 Å². The van der Waals surface area contributed by atoms with Gasteiger partial charge in [0.15, 0.2) is 5.16 Å². The summed E-state index contributed by atoms with van der Waals surface area (Å²) in [4.78, 5) is 17.5. The Morgan fingerprint density at radius 2 is 1.37 bits per heavy atom. The largest absolute Gasteiger partial charge is 0.383 e. The summed E-state index contributed by atoms with van der Waals surface area (Å²) in [6, 6.07) is 0. The molecule has 0 radical (unpaired) electrons. The van der Waals surface area contributed by atoms with Crippen LogP contribution >= 0.6 is 11.8 Å². The maximum atomic E-state index is 5.85. The molecular formula is C13H17N5S. The molecule has 0 atom stereocenters. The Hall–Kier alpha value is -1.69. The number of anilines is 1. The van der Waals surface area contributed by atoms with Gasteiger partial charge in [0.25, 0.3) is 0 Å². The van der Waals surface area contributed by atoms with Gasteiger partial charge in [-0.1, -0.05) is 0 Å². The van der Waals surface area contributed by atoms with Crippen LogP contribution in [0.4, 0.5) is 5.82 Å². The minimum Gasteiger partial charge on any atom is -0.383 e. The Kier molecular flexibility index (Phi) is 3.71. The minimum atomic E-state index is 0.510. The number of hydrogen-bond donors (Lipinski definition) is 1. The van der Waals surface area contributed by atoms with Crippen LogP contribution in [0.2, 0.25) is 0 Å². The molecule has 0 spiro atoms. The highest BCUT2D eigenvalue weighted by Crippen LogP contribution is 2.28. The average molecular weight is 275 g/mol. The zero-order chi connectivity index (χ0) is 14.2. The molecule has 0 aliphatic carbocycles. The van der Waals surface area contributed by atoms with E-state index in [9.17, 15) is 0 Å². The van der Waals surface area contributed by atoms with Gasteiger partial charge in [0.05, 0.1) is 0 Å². The molecule has 0 aromatic carbocycles. The third kappa shape index (κ3) is 2.84. The molecule has 0 saturated carbocycles. The lowest BCUT2D eigenvalue weighted by Gasteiger charge is -2.09. The molecular weight excluding hydrogens is 258 g/mol. The van der Waals surface area contributed by atoms with Crippen molar-refractivity contribution in [1.29, 1.82) is 0 Å². The topological polar surface area (TPSA) is 77.6 Å². The maximum Gasteiger partial charge on any atom is 0.194 e. The van der Waals surface area contributed by atoms with Crippen LogP contribution in [0.5, 0.6) is 0 Å². The first-order valence-corrected chi connectivity index (χ1v) is 6.80. The summed E-state index contributed by atoms with van der Waals surface area (Å²) in [5.41, 5.74) is 9.83. The van der Waals surface area contributed by atoms with Gasteiger partial charge in [0, 0.05) is 17.0 Å². The molecule has 5 nitrogen and oxygen atoms in total. The van der Waals surface area contributed by atoms with Gasteiger partial charge in [-0.3, -0.25) is 0 Å². The Balaban J connectivity index is 2.42. The summed E-state index contributed by atoms with van der Waals surface area (Å²) in [5, 5.41) is 1.51. The molecule has 19 heavy (non-hydrogen) atoms. The van der Waals surface area contributed by atoms with E-state index in [0.717, 1.165) is 27.5 Å².